The summed E-state index contributed by atoms with van der Waals surface area (Å²) in [5.41, 5.74) is 0. The molecule has 0 heterocycles. The number of nitrogens with one attached hydrogen (secondary N) is 1. The molecule has 1 saturated carbocycles. The molecule has 0 aromatic heterocycles. The zero-order chi connectivity index (χ0) is 17.2. The SMILES string of the molecule is CCNC(=NCCOc1cccc(F)c1)N(C)CCOCC1CC1. The van der Waals surface area contributed by atoms with Gasteiger partial charge in [-0.2, -0.15) is 0 Å². The van der Waals surface area contributed by atoms with Crippen LogP contribution in [0.15, 0.2) is 29.3 Å². The first-order valence-corrected chi connectivity index (χ1v) is 8.64. The molecule has 1 N–H and O–H groups in total. The minimum atomic E-state index is -0.296. The third kappa shape index (κ3) is 7.17. The van der Waals surface area contributed by atoms with Crippen LogP contribution in [0.25, 0.3) is 0 Å². The minimum Gasteiger partial charge on any atom is -0.492 e. The van der Waals surface area contributed by atoms with E-state index in [4.69, 9.17) is 9.47 Å². The Morgan fingerprint density at radius 1 is 1.38 bits per heavy atom. The maximum absolute atomic E-state index is 13.1. The fraction of sp³-hybridized carbons (Fsp3) is 0.611. The molecule has 0 amide bonds. The van der Waals surface area contributed by atoms with E-state index >= 15 is 0 Å². The second-order valence-corrected chi connectivity index (χ2v) is 5.98. The highest BCUT2D eigenvalue weighted by molar-refractivity contribution is 5.79. The first-order valence-electron chi connectivity index (χ1n) is 8.64. The molecule has 0 aliphatic heterocycles. The lowest BCUT2D eigenvalue weighted by molar-refractivity contribution is 0.115. The van der Waals surface area contributed by atoms with Gasteiger partial charge in [-0.3, -0.25) is 0 Å². The van der Waals surface area contributed by atoms with Crippen molar-refractivity contribution in [3.05, 3.63) is 30.1 Å². The Labute approximate surface area is 143 Å². The summed E-state index contributed by atoms with van der Waals surface area (Å²) in [7, 11) is 2.00. The van der Waals surface area contributed by atoms with Gasteiger partial charge in [0.1, 0.15) is 18.2 Å². The molecule has 2 rings (SSSR count). The van der Waals surface area contributed by atoms with Crippen LogP contribution in [0.3, 0.4) is 0 Å². The lowest BCUT2D eigenvalue weighted by Gasteiger charge is -2.22. The second-order valence-electron chi connectivity index (χ2n) is 5.98. The topological polar surface area (TPSA) is 46.1 Å². The van der Waals surface area contributed by atoms with Gasteiger partial charge in [0.25, 0.3) is 0 Å². The molecule has 0 atom stereocenters. The number of halogens is 1. The van der Waals surface area contributed by atoms with Crippen molar-refractivity contribution in [1.29, 1.82) is 0 Å². The predicted octanol–water partition coefficient (Wildman–Crippen LogP) is 2.53. The Kier molecular flexibility index (Phi) is 7.82. The van der Waals surface area contributed by atoms with E-state index in [9.17, 15) is 4.39 Å². The Morgan fingerprint density at radius 2 is 2.21 bits per heavy atom. The van der Waals surface area contributed by atoms with Crippen LogP contribution in [0.2, 0.25) is 0 Å². The van der Waals surface area contributed by atoms with Crippen LogP contribution in [-0.2, 0) is 4.74 Å². The van der Waals surface area contributed by atoms with Gasteiger partial charge in [-0.05, 0) is 37.8 Å². The smallest absolute Gasteiger partial charge is 0.193 e. The summed E-state index contributed by atoms with van der Waals surface area (Å²) in [4.78, 5) is 6.59. The molecule has 1 aromatic rings. The Bertz CT molecular complexity index is 521. The molecule has 1 aromatic carbocycles. The molecule has 134 valence electrons. The van der Waals surface area contributed by atoms with E-state index in [0.29, 0.717) is 25.5 Å². The predicted molar refractivity (Wildman–Crippen MR) is 94.0 cm³/mol. The molecule has 0 unspecified atom stereocenters. The van der Waals surface area contributed by atoms with Gasteiger partial charge < -0.3 is 19.7 Å². The molecule has 1 aliphatic rings. The Hall–Kier alpha value is -1.82. The van der Waals surface area contributed by atoms with Gasteiger partial charge in [0, 0.05) is 32.8 Å². The standard InChI is InChI=1S/C18H28FN3O2/c1-3-20-18(22(2)10-12-23-14-15-7-8-15)21-9-11-24-17-6-4-5-16(19)13-17/h4-6,13,15H,3,7-12,14H2,1-2H3,(H,20,21). The fourth-order valence-electron chi connectivity index (χ4n) is 2.18. The zero-order valence-electron chi connectivity index (χ0n) is 14.6. The van der Waals surface area contributed by atoms with Crippen LogP contribution in [0, 0.1) is 11.7 Å². The summed E-state index contributed by atoms with van der Waals surface area (Å²) < 4.78 is 24.3. The highest BCUT2D eigenvalue weighted by atomic mass is 19.1. The number of nitrogens with zero attached hydrogens (tertiary/aromatic N) is 2. The molecule has 24 heavy (non-hydrogen) atoms. The molecule has 0 spiro atoms. The lowest BCUT2D eigenvalue weighted by atomic mass is 10.3. The number of guanidine groups is 1. The summed E-state index contributed by atoms with van der Waals surface area (Å²) in [5.74, 6) is 1.85. The fourth-order valence-corrected chi connectivity index (χ4v) is 2.18. The average Bonchev–Trinajstić information content (AvgIpc) is 3.38. The number of likely N-dealkylation sites (N-methyl/N-ethyl adjacent to an activating group) is 1. The molecule has 1 aliphatic carbocycles. The highest BCUT2D eigenvalue weighted by Gasteiger charge is 2.21. The highest BCUT2D eigenvalue weighted by Crippen LogP contribution is 2.28. The molecule has 6 heteroatoms. The molecule has 0 saturated heterocycles. The van der Waals surface area contributed by atoms with Crippen molar-refractivity contribution >= 4 is 5.96 Å². The van der Waals surface area contributed by atoms with Crippen LogP contribution < -0.4 is 10.1 Å². The summed E-state index contributed by atoms with van der Waals surface area (Å²) in [6.45, 7) is 6.13. The summed E-state index contributed by atoms with van der Waals surface area (Å²) in [6.07, 6.45) is 2.62. The van der Waals surface area contributed by atoms with Crippen molar-refractivity contribution in [2.24, 2.45) is 10.9 Å². The maximum Gasteiger partial charge on any atom is 0.193 e. The van der Waals surface area contributed by atoms with Gasteiger partial charge in [0.15, 0.2) is 5.96 Å². The van der Waals surface area contributed by atoms with Crippen LogP contribution in [0.4, 0.5) is 4.39 Å². The number of aliphatic imine (C=N–C) groups is 1. The summed E-state index contributed by atoms with van der Waals surface area (Å²) >= 11 is 0. The van der Waals surface area contributed by atoms with E-state index in [0.717, 1.165) is 31.6 Å². The maximum atomic E-state index is 13.1. The second kappa shape index (κ2) is 10.1. The van der Waals surface area contributed by atoms with E-state index in [1.165, 1.54) is 25.0 Å². The van der Waals surface area contributed by atoms with Gasteiger partial charge in [0.05, 0.1) is 13.2 Å². The zero-order valence-corrected chi connectivity index (χ0v) is 14.6. The minimum absolute atomic E-state index is 0.296. The van der Waals surface area contributed by atoms with Crippen molar-refractivity contribution in [3.8, 4) is 5.75 Å². The van der Waals surface area contributed by atoms with Crippen molar-refractivity contribution in [1.82, 2.24) is 10.2 Å². The largest absolute Gasteiger partial charge is 0.492 e. The Morgan fingerprint density at radius 3 is 2.92 bits per heavy atom. The van der Waals surface area contributed by atoms with Crippen molar-refractivity contribution < 1.29 is 13.9 Å². The molecule has 0 radical (unpaired) electrons. The van der Waals surface area contributed by atoms with Crippen LogP contribution in [0.5, 0.6) is 5.75 Å². The third-order valence-electron chi connectivity index (χ3n) is 3.74. The van der Waals surface area contributed by atoms with Crippen LogP contribution in [-0.4, -0.2) is 57.4 Å². The van der Waals surface area contributed by atoms with E-state index in [2.05, 4.69) is 15.2 Å². The molecule has 5 nitrogen and oxygen atoms in total. The van der Waals surface area contributed by atoms with Gasteiger partial charge in [-0.25, -0.2) is 9.38 Å². The molecular weight excluding hydrogens is 309 g/mol. The van der Waals surface area contributed by atoms with E-state index < -0.39 is 0 Å². The first-order chi connectivity index (χ1) is 11.7. The lowest BCUT2D eigenvalue weighted by Crippen LogP contribution is -2.40. The quantitative estimate of drug-likeness (QED) is 0.405. The molecular formula is C18H28FN3O2. The van der Waals surface area contributed by atoms with Crippen LogP contribution in [0.1, 0.15) is 19.8 Å². The number of benzene rings is 1. The molecule has 0 bridgehead atoms. The summed E-state index contributed by atoms with van der Waals surface area (Å²) in [5, 5.41) is 3.26. The van der Waals surface area contributed by atoms with E-state index in [-0.39, 0.29) is 5.82 Å². The monoisotopic (exact) mass is 337 g/mol. The number of ether oxygens (including phenoxy) is 2. The van der Waals surface area contributed by atoms with Crippen molar-refractivity contribution in [2.45, 2.75) is 19.8 Å². The van der Waals surface area contributed by atoms with Crippen LogP contribution >= 0.6 is 0 Å². The number of rotatable bonds is 10. The van der Waals surface area contributed by atoms with E-state index in [1.807, 2.05) is 14.0 Å². The van der Waals surface area contributed by atoms with Gasteiger partial charge >= 0.3 is 0 Å². The van der Waals surface area contributed by atoms with Gasteiger partial charge in [-0.15, -0.1) is 0 Å². The van der Waals surface area contributed by atoms with E-state index in [1.54, 1.807) is 12.1 Å². The van der Waals surface area contributed by atoms with Crippen molar-refractivity contribution in [3.63, 3.8) is 0 Å². The van der Waals surface area contributed by atoms with Gasteiger partial charge in [-0.1, -0.05) is 6.07 Å². The van der Waals surface area contributed by atoms with Gasteiger partial charge in [0.2, 0.25) is 0 Å². The van der Waals surface area contributed by atoms with Crippen molar-refractivity contribution in [2.75, 3.05) is 46.5 Å². The number of hydrogen-bond donors (Lipinski definition) is 1. The third-order valence-corrected chi connectivity index (χ3v) is 3.74. The normalized spacial score (nSPS) is 14.5. The summed E-state index contributed by atoms with van der Waals surface area (Å²) in [6, 6.07) is 6.14. The number of hydrogen-bond acceptors (Lipinski definition) is 3. The Balaban J connectivity index is 1.69. The first kappa shape index (κ1) is 18.5. The average molecular weight is 337 g/mol. The molecule has 1 fully saturated rings.